The topological polar surface area (TPSA) is 20.2 Å². The third-order valence-corrected chi connectivity index (χ3v) is 3.97. The Bertz CT molecular complexity index is 504. The lowest BCUT2D eigenvalue weighted by atomic mass is 9.99. The number of aliphatic hydroxyl groups excluding tert-OH is 1. The molecule has 0 spiro atoms. The maximum absolute atomic E-state index is 10.3. The molecule has 0 aliphatic carbocycles. The molecule has 0 amide bonds. The zero-order valence-corrected chi connectivity index (χ0v) is 11.6. The van der Waals surface area contributed by atoms with Gasteiger partial charge < -0.3 is 5.11 Å². The van der Waals surface area contributed by atoms with Crippen LogP contribution < -0.4 is 0 Å². The molecule has 1 aromatic carbocycles. The van der Waals surface area contributed by atoms with Gasteiger partial charge in [-0.25, -0.2) is 0 Å². The van der Waals surface area contributed by atoms with Crippen molar-refractivity contribution in [1.82, 2.24) is 0 Å². The van der Waals surface area contributed by atoms with Gasteiger partial charge in [0.05, 0.1) is 0 Å². The Balaban J connectivity index is 2.37. The van der Waals surface area contributed by atoms with Crippen molar-refractivity contribution in [3.05, 3.63) is 55.7 Å². The molecule has 3 heteroatoms. The van der Waals surface area contributed by atoms with Crippen molar-refractivity contribution in [3.8, 4) is 0 Å². The highest BCUT2D eigenvalue weighted by Crippen LogP contribution is 2.29. The van der Waals surface area contributed by atoms with Crippen LogP contribution in [0.4, 0.5) is 0 Å². The van der Waals surface area contributed by atoms with E-state index < -0.39 is 6.10 Å². The number of hydrogen-bond donors (Lipinski definition) is 1. The minimum Gasteiger partial charge on any atom is -0.384 e. The zero-order chi connectivity index (χ0) is 11.7. The van der Waals surface area contributed by atoms with Gasteiger partial charge in [-0.3, -0.25) is 0 Å². The van der Waals surface area contributed by atoms with Gasteiger partial charge >= 0.3 is 0 Å². The molecule has 1 heterocycles. The van der Waals surface area contributed by atoms with E-state index in [0.717, 1.165) is 21.2 Å². The molecule has 1 N–H and O–H groups in total. The number of halogens is 1. The van der Waals surface area contributed by atoms with Crippen molar-refractivity contribution in [2.24, 2.45) is 0 Å². The molecule has 0 radical (unpaired) electrons. The fourth-order valence-electron chi connectivity index (χ4n) is 1.73. The lowest BCUT2D eigenvalue weighted by Gasteiger charge is -2.12. The van der Waals surface area contributed by atoms with Crippen LogP contribution in [0.3, 0.4) is 0 Å². The second-order valence-electron chi connectivity index (χ2n) is 3.89. The van der Waals surface area contributed by atoms with Gasteiger partial charge in [-0.15, -0.1) is 11.3 Å². The molecule has 84 valence electrons. The molecule has 16 heavy (non-hydrogen) atoms. The highest BCUT2D eigenvalue weighted by Gasteiger charge is 2.13. The van der Waals surface area contributed by atoms with Gasteiger partial charge in [-0.1, -0.05) is 22.0 Å². The molecule has 1 atom stereocenters. The number of rotatable bonds is 2. The number of thiophene rings is 1. The molecule has 2 aromatic rings. The first-order chi connectivity index (χ1) is 7.58. The lowest BCUT2D eigenvalue weighted by Crippen LogP contribution is -2.00. The number of hydrogen-bond acceptors (Lipinski definition) is 2. The second kappa shape index (κ2) is 4.70. The van der Waals surface area contributed by atoms with E-state index in [1.54, 1.807) is 11.3 Å². The van der Waals surface area contributed by atoms with Crippen molar-refractivity contribution >= 4 is 27.3 Å². The van der Waals surface area contributed by atoms with E-state index in [9.17, 15) is 5.11 Å². The summed E-state index contributed by atoms with van der Waals surface area (Å²) >= 11 is 5.09. The summed E-state index contributed by atoms with van der Waals surface area (Å²) in [4.78, 5) is 1.23. The van der Waals surface area contributed by atoms with Crippen molar-refractivity contribution < 1.29 is 5.11 Å². The smallest absolute Gasteiger partial charge is 0.105 e. The van der Waals surface area contributed by atoms with Gasteiger partial charge in [0, 0.05) is 9.35 Å². The Morgan fingerprint density at radius 3 is 2.56 bits per heavy atom. The van der Waals surface area contributed by atoms with Crippen LogP contribution in [-0.4, -0.2) is 5.11 Å². The van der Waals surface area contributed by atoms with E-state index in [-0.39, 0.29) is 0 Å². The van der Waals surface area contributed by atoms with Crippen molar-refractivity contribution in [3.63, 3.8) is 0 Å². The van der Waals surface area contributed by atoms with E-state index in [2.05, 4.69) is 22.9 Å². The number of benzene rings is 1. The summed E-state index contributed by atoms with van der Waals surface area (Å²) in [6, 6.07) is 8.00. The minimum absolute atomic E-state index is 0.516. The monoisotopic (exact) mass is 296 g/mol. The Kier molecular flexibility index (Phi) is 3.47. The molecular weight excluding hydrogens is 284 g/mol. The minimum atomic E-state index is -0.516. The summed E-state index contributed by atoms with van der Waals surface area (Å²) < 4.78 is 1.04. The Morgan fingerprint density at radius 2 is 2.00 bits per heavy atom. The third kappa shape index (κ3) is 2.37. The van der Waals surface area contributed by atoms with E-state index in [4.69, 9.17) is 0 Å². The summed E-state index contributed by atoms with van der Waals surface area (Å²) in [6.45, 7) is 4.07. The van der Waals surface area contributed by atoms with Gasteiger partial charge in [-0.2, -0.15) is 0 Å². The van der Waals surface area contributed by atoms with E-state index >= 15 is 0 Å². The Morgan fingerprint density at radius 1 is 1.25 bits per heavy atom. The average molecular weight is 297 g/mol. The molecule has 1 nitrogen and oxygen atoms in total. The highest BCUT2D eigenvalue weighted by atomic mass is 79.9. The SMILES string of the molecule is Cc1cc(C(O)c2ccc(Br)cc2C)cs1. The van der Waals surface area contributed by atoms with Crippen molar-refractivity contribution in [2.45, 2.75) is 20.0 Å². The van der Waals surface area contributed by atoms with Crippen LogP contribution in [0.25, 0.3) is 0 Å². The second-order valence-corrected chi connectivity index (χ2v) is 5.93. The predicted molar refractivity (Wildman–Crippen MR) is 72.0 cm³/mol. The van der Waals surface area contributed by atoms with E-state index in [1.807, 2.05) is 36.6 Å². The van der Waals surface area contributed by atoms with Crippen LogP contribution in [-0.2, 0) is 0 Å². The van der Waals surface area contributed by atoms with Gasteiger partial charge in [0.1, 0.15) is 6.10 Å². The third-order valence-electron chi connectivity index (χ3n) is 2.59. The predicted octanol–water partition coefficient (Wildman–Crippen LogP) is 4.21. The van der Waals surface area contributed by atoms with Gasteiger partial charge in [-0.05, 0) is 54.1 Å². The normalized spacial score (nSPS) is 12.8. The van der Waals surface area contributed by atoms with Crippen LogP contribution >= 0.6 is 27.3 Å². The number of aliphatic hydroxyl groups is 1. The number of aryl methyl sites for hydroxylation is 2. The molecule has 2 rings (SSSR count). The quantitative estimate of drug-likeness (QED) is 0.880. The van der Waals surface area contributed by atoms with Crippen LogP contribution in [0.5, 0.6) is 0 Å². The average Bonchev–Trinajstić information content (AvgIpc) is 2.64. The molecule has 1 unspecified atom stereocenters. The molecule has 0 aliphatic rings. The molecule has 0 saturated carbocycles. The molecule has 0 bridgehead atoms. The van der Waals surface area contributed by atoms with Gasteiger partial charge in [0.2, 0.25) is 0 Å². The first kappa shape index (κ1) is 11.8. The van der Waals surface area contributed by atoms with Gasteiger partial charge in [0.15, 0.2) is 0 Å². The van der Waals surface area contributed by atoms with Crippen LogP contribution in [0.15, 0.2) is 34.1 Å². The molecule has 0 aliphatic heterocycles. The summed E-state index contributed by atoms with van der Waals surface area (Å²) in [7, 11) is 0. The lowest BCUT2D eigenvalue weighted by molar-refractivity contribution is 0.220. The largest absolute Gasteiger partial charge is 0.384 e. The fraction of sp³-hybridized carbons (Fsp3) is 0.231. The van der Waals surface area contributed by atoms with E-state index in [1.165, 1.54) is 4.88 Å². The van der Waals surface area contributed by atoms with Gasteiger partial charge in [0.25, 0.3) is 0 Å². The molecule has 1 aromatic heterocycles. The molecular formula is C13H13BrOS. The fourth-order valence-corrected chi connectivity index (χ4v) is 2.93. The first-order valence-corrected chi connectivity index (χ1v) is 6.74. The molecule has 0 saturated heterocycles. The van der Waals surface area contributed by atoms with Crippen LogP contribution in [0.1, 0.15) is 27.7 Å². The Labute approximate surface area is 108 Å². The van der Waals surface area contributed by atoms with Crippen molar-refractivity contribution in [2.75, 3.05) is 0 Å². The van der Waals surface area contributed by atoms with Crippen molar-refractivity contribution in [1.29, 1.82) is 0 Å². The summed E-state index contributed by atoms with van der Waals surface area (Å²) in [5.41, 5.74) is 3.06. The summed E-state index contributed by atoms with van der Waals surface area (Å²) in [5.74, 6) is 0. The molecule has 0 fully saturated rings. The van der Waals surface area contributed by atoms with Crippen LogP contribution in [0, 0.1) is 13.8 Å². The zero-order valence-electron chi connectivity index (χ0n) is 9.20. The standard InChI is InChI=1S/C13H13BrOS/c1-8-5-11(14)3-4-12(8)13(15)10-6-9(2)16-7-10/h3-7,13,15H,1-2H3. The first-order valence-electron chi connectivity index (χ1n) is 5.07. The van der Waals surface area contributed by atoms with Crippen LogP contribution in [0.2, 0.25) is 0 Å². The summed E-state index contributed by atoms with van der Waals surface area (Å²) in [6.07, 6.45) is -0.516. The summed E-state index contributed by atoms with van der Waals surface area (Å²) in [5, 5.41) is 12.3. The maximum Gasteiger partial charge on any atom is 0.105 e. The highest BCUT2D eigenvalue weighted by molar-refractivity contribution is 9.10. The van der Waals surface area contributed by atoms with E-state index in [0.29, 0.717) is 0 Å². The maximum atomic E-state index is 10.3. The Hall–Kier alpha value is -0.640.